The van der Waals surface area contributed by atoms with Gasteiger partial charge in [0.1, 0.15) is 6.04 Å². The number of carboxylic acids is 1. The second-order valence-electron chi connectivity index (χ2n) is 8.48. The number of aliphatic carboxylic acids is 1. The molecule has 1 saturated heterocycles. The summed E-state index contributed by atoms with van der Waals surface area (Å²) in [6.45, 7) is 3.41. The van der Waals surface area contributed by atoms with Crippen LogP contribution in [0.4, 0.5) is 0 Å². The zero-order chi connectivity index (χ0) is 22.6. The Morgan fingerprint density at radius 2 is 2.00 bits per heavy atom. The number of hydrogen-bond donors (Lipinski definition) is 2. The molecule has 7 heteroatoms. The van der Waals surface area contributed by atoms with Crippen LogP contribution < -0.4 is 5.73 Å². The van der Waals surface area contributed by atoms with Crippen molar-refractivity contribution in [3.8, 4) is 0 Å². The molecule has 1 aromatic rings. The van der Waals surface area contributed by atoms with Crippen molar-refractivity contribution in [1.82, 2.24) is 4.90 Å². The number of rotatable bonds is 9. The molecule has 0 radical (unpaired) electrons. The van der Waals surface area contributed by atoms with Crippen LogP contribution in [0.5, 0.6) is 0 Å². The molecule has 1 unspecified atom stereocenters. The molecule has 2 aliphatic rings. The monoisotopic (exact) mass is 428 g/mol. The number of benzene rings is 1. The van der Waals surface area contributed by atoms with Crippen molar-refractivity contribution in [1.29, 1.82) is 0 Å². The number of carboxylic acid groups (broad SMARTS) is 1. The Kier molecular flexibility index (Phi) is 7.28. The smallest absolute Gasteiger partial charge is 0.332 e. The number of carbonyl (C=O) groups excluding carboxylic acids is 2. The van der Waals surface area contributed by atoms with Crippen LogP contribution in [-0.2, 0) is 25.5 Å². The van der Waals surface area contributed by atoms with Gasteiger partial charge in [0.2, 0.25) is 0 Å². The van der Waals surface area contributed by atoms with Crippen LogP contribution in [0.25, 0.3) is 0 Å². The number of nitrogens with zero attached hydrogens (tertiary/aromatic N) is 1. The van der Waals surface area contributed by atoms with E-state index in [1.54, 1.807) is 11.8 Å². The number of allylic oxidation sites excluding steroid dienone is 1. The summed E-state index contributed by atoms with van der Waals surface area (Å²) in [4.78, 5) is 40.7. The maximum absolute atomic E-state index is 13.3. The standard InChI is InChI=1S/C24H32N2O5/c1-3-31-22(28)20(14-13-17-9-5-4-6-10-17)26-19-12-8-7-11-18(19)15-24(26,23(29)30)21(27)16(2)25/h4-6,8-10,12,16,18-20H,3,7,11,13-15,25H2,1-2H3,(H,29,30)/t16?,18-,19-,20+,24+/m1/s1. The number of ketones is 1. The third kappa shape index (κ3) is 4.43. The minimum absolute atomic E-state index is 0.0301. The highest BCUT2D eigenvalue weighted by Crippen LogP contribution is 2.46. The van der Waals surface area contributed by atoms with Gasteiger partial charge in [-0.25, -0.2) is 4.79 Å². The summed E-state index contributed by atoms with van der Waals surface area (Å²) in [6, 6.07) is 7.55. The summed E-state index contributed by atoms with van der Waals surface area (Å²) >= 11 is 0. The fraction of sp³-hybridized carbons (Fsp3) is 0.542. The average molecular weight is 429 g/mol. The lowest BCUT2D eigenvalue weighted by molar-refractivity contribution is -0.164. The maximum Gasteiger partial charge on any atom is 0.332 e. The van der Waals surface area contributed by atoms with Gasteiger partial charge in [-0.05, 0) is 57.4 Å². The summed E-state index contributed by atoms with van der Waals surface area (Å²) in [5, 5.41) is 10.4. The van der Waals surface area contributed by atoms with Crippen LogP contribution in [-0.4, -0.2) is 58.0 Å². The van der Waals surface area contributed by atoms with Crippen molar-refractivity contribution in [2.24, 2.45) is 11.7 Å². The molecule has 0 spiro atoms. The Bertz CT molecular complexity index is 838. The molecule has 0 bridgehead atoms. The Morgan fingerprint density at radius 3 is 2.61 bits per heavy atom. The van der Waals surface area contributed by atoms with Crippen LogP contribution in [0.2, 0.25) is 0 Å². The normalized spacial score (nSPS) is 27.3. The summed E-state index contributed by atoms with van der Waals surface area (Å²) in [7, 11) is 0. The molecule has 1 fully saturated rings. The van der Waals surface area contributed by atoms with E-state index < -0.39 is 35.3 Å². The first kappa shape index (κ1) is 23.2. The second kappa shape index (κ2) is 9.75. The third-order valence-electron chi connectivity index (χ3n) is 6.46. The maximum atomic E-state index is 13.3. The SMILES string of the molecule is CCOC(=O)[C@H](CCc1ccccc1)N1[C@@H]2C=CCC[C@@H]2C[C@@]1(C(=O)O)C(=O)C(C)N. The minimum Gasteiger partial charge on any atom is -0.480 e. The number of likely N-dealkylation sites (tertiary alicyclic amines) is 1. The summed E-state index contributed by atoms with van der Waals surface area (Å²) in [5.74, 6) is -2.33. The van der Waals surface area contributed by atoms with Gasteiger partial charge in [0.15, 0.2) is 11.3 Å². The molecule has 1 heterocycles. The number of hydrogen-bond acceptors (Lipinski definition) is 6. The molecule has 0 aromatic heterocycles. The molecule has 31 heavy (non-hydrogen) atoms. The van der Waals surface area contributed by atoms with Gasteiger partial charge in [-0.2, -0.15) is 0 Å². The Hall–Kier alpha value is -2.51. The summed E-state index contributed by atoms with van der Waals surface area (Å²) in [6.07, 6.45) is 6.60. The lowest BCUT2D eigenvalue weighted by Gasteiger charge is -2.41. The minimum atomic E-state index is -1.84. The van der Waals surface area contributed by atoms with Crippen molar-refractivity contribution in [3.05, 3.63) is 48.0 Å². The van der Waals surface area contributed by atoms with Crippen molar-refractivity contribution in [2.75, 3.05) is 6.61 Å². The third-order valence-corrected chi connectivity index (χ3v) is 6.46. The predicted molar refractivity (Wildman–Crippen MR) is 116 cm³/mol. The van der Waals surface area contributed by atoms with E-state index >= 15 is 0 Å². The molecular formula is C24H32N2O5. The van der Waals surface area contributed by atoms with Gasteiger partial charge in [0.05, 0.1) is 12.6 Å². The molecule has 1 aromatic carbocycles. The van der Waals surface area contributed by atoms with E-state index in [0.717, 1.165) is 18.4 Å². The Balaban J connectivity index is 2.06. The number of ether oxygens (including phenoxy) is 1. The van der Waals surface area contributed by atoms with Crippen LogP contribution >= 0.6 is 0 Å². The van der Waals surface area contributed by atoms with Crippen molar-refractivity contribution >= 4 is 17.7 Å². The quantitative estimate of drug-likeness (QED) is 0.353. The highest BCUT2D eigenvalue weighted by atomic mass is 16.5. The first-order chi connectivity index (χ1) is 14.8. The first-order valence-corrected chi connectivity index (χ1v) is 11.0. The van der Waals surface area contributed by atoms with E-state index in [9.17, 15) is 19.5 Å². The fourth-order valence-electron chi connectivity index (χ4n) is 5.09. The Morgan fingerprint density at radius 1 is 1.29 bits per heavy atom. The number of nitrogens with two attached hydrogens (primary N) is 1. The van der Waals surface area contributed by atoms with E-state index in [4.69, 9.17) is 10.5 Å². The Labute approximate surface area is 183 Å². The topological polar surface area (TPSA) is 110 Å². The molecule has 3 N–H and O–H groups in total. The van der Waals surface area contributed by atoms with Gasteiger partial charge in [-0.15, -0.1) is 0 Å². The van der Waals surface area contributed by atoms with E-state index in [-0.39, 0.29) is 25.0 Å². The van der Waals surface area contributed by atoms with Gasteiger partial charge in [0.25, 0.3) is 0 Å². The predicted octanol–water partition coefficient (Wildman–Crippen LogP) is 2.33. The molecular weight excluding hydrogens is 396 g/mol. The number of esters is 1. The lowest BCUT2D eigenvalue weighted by Crippen LogP contribution is -2.66. The highest BCUT2D eigenvalue weighted by Gasteiger charge is 2.63. The van der Waals surface area contributed by atoms with Gasteiger partial charge in [-0.1, -0.05) is 42.5 Å². The number of aryl methyl sites for hydroxylation is 1. The van der Waals surface area contributed by atoms with Crippen LogP contribution in [0.1, 0.15) is 45.1 Å². The van der Waals surface area contributed by atoms with Gasteiger partial charge in [0, 0.05) is 6.04 Å². The molecule has 1 aliphatic heterocycles. The molecule has 3 rings (SSSR count). The molecule has 5 atom stereocenters. The van der Waals surface area contributed by atoms with E-state index in [1.807, 2.05) is 42.5 Å². The number of fused-ring (bicyclic) bond motifs is 1. The summed E-state index contributed by atoms with van der Waals surface area (Å²) in [5.41, 5.74) is 5.11. The zero-order valence-electron chi connectivity index (χ0n) is 18.2. The highest BCUT2D eigenvalue weighted by molar-refractivity contribution is 6.10. The zero-order valence-corrected chi connectivity index (χ0v) is 18.2. The lowest BCUT2D eigenvalue weighted by atomic mass is 9.82. The van der Waals surface area contributed by atoms with E-state index in [1.165, 1.54) is 6.92 Å². The van der Waals surface area contributed by atoms with E-state index in [0.29, 0.717) is 12.8 Å². The second-order valence-corrected chi connectivity index (χ2v) is 8.48. The van der Waals surface area contributed by atoms with Gasteiger partial charge in [-0.3, -0.25) is 14.5 Å². The fourth-order valence-corrected chi connectivity index (χ4v) is 5.09. The first-order valence-electron chi connectivity index (χ1n) is 11.0. The molecule has 7 nitrogen and oxygen atoms in total. The van der Waals surface area contributed by atoms with Gasteiger partial charge < -0.3 is 15.6 Å². The van der Waals surface area contributed by atoms with Crippen molar-refractivity contribution < 1.29 is 24.2 Å². The van der Waals surface area contributed by atoms with Crippen LogP contribution in [0.3, 0.4) is 0 Å². The molecule has 0 amide bonds. The summed E-state index contributed by atoms with van der Waals surface area (Å²) < 4.78 is 5.36. The van der Waals surface area contributed by atoms with Crippen molar-refractivity contribution in [2.45, 2.75) is 69.6 Å². The van der Waals surface area contributed by atoms with Crippen molar-refractivity contribution in [3.63, 3.8) is 0 Å². The van der Waals surface area contributed by atoms with Gasteiger partial charge >= 0.3 is 11.9 Å². The molecule has 0 saturated carbocycles. The molecule has 1 aliphatic carbocycles. The van der Waals surface area contributed by atoms with E-state index in [2.05, 4.69) is 0 Å². The van der Waals surface area contributed by atoms with Crippen LogP contribution in [0.15, 0.2) is 42.5 Å². The number of Topliss-reactive ketones (excluding diaryl/α,β-unsaturated/α-hetero) is 1. The van der Waals surface area contributed by atoms with Crippen LogP contribution in [0, 0.1) is 5.92 Å². The molecule has 168 valence electrons. The average Bonchev–Trinajstić information content (AvgIpc) is 3.10. The number of carbonyl (C=O) groups is 3. The largest absolute Gasteiger partial charge is 0.480 e.